The Hall–Kier alpha value is -1.23. The fourth-order valence-electron chi connectivity index (χ4n) is 2.57. The number of nitrogens with one attached hydrogen (secondary N) is 1. The summed E-state index contributed by atoms with van der Waals surface area (Å²) in [6, 6.07) is 0. The maximum absolute atomic E-state index is 12.1. The lowest BCUT2D eigenvalue weighted by molar-refractivity contribution is -0.119. The smallest absolute Gasteiger partial charge is 0.228 e. The van der Waals surface area contributed by atoms with Crippen molar-refractivity contribution in [2.24, 2.45) is 11.3 Å². The molecule has 1 N–H and O–H groups in total. The third-order valence-corrected chi connectivity index (χ3v) is 4.69. The number of nitrogens with zero attached hydrogens (tertiary/aromatic N) is 1. The molecular weight excluding hydrogens is 272 g/mol. The highest BCUT2D eigenvalue weighted by Crippen LogP contribution is 2.38. The average molecular weight is 294 g/mol. The van der Waals surface area contributed by atoms with Gasteiger partial charge in [-0.25, -0.2) is 4.98 Å². The summed E-state index contributed by atoms with van der Waals surface area (Å²) in [7, 11) is 0. The van der Waals surface area contributed by atoms with Crippen LogP contribution in [0.1, 0.15) is 62.3 Å². The van der Waals surface area contributed by atoms with E-state index >= 15 is 0 Å². The summed E-state index contributed by atoms with van der Waals surface area (Å²) in [4.78, 5) is 29.3. The van der Waals surface area contributed by atoms with Crippen molar-refractivity contribution in [1.82, 2.24) is 4.98 Å². The molecule has 20 heavy (non-hydrogen) atoms. The minimum atomic E-state index is -0.0328. The van der Waals surface area contributed by atoms with Crippen LogP contribution < -0.4 is 5.32 Å². The Labute approximate surface area is 124 Å². The monoisotopic (exact) mass is 294 g/mol. The van der Waals surface area contributed by atoms with Crippen LogP contribution in [0.25, 0.3) is 0 Å². The number of aromatic nitrogens is 1. The Kier molecular flexibility index (Phi) is 4.28. The van der Waals surface area contributed by atoms with Crippen LogP contribution in [0.4, 0.5) is 5.13 Å². The number of ketones is 1. The number of amides is 1. The lowest BCUT2D eigenvalue weighted by Gasteiger charge is -2.26. The van der Waals surface area contributed by atoms with Gasteiger partial charge in [0, 0.05) is 12.3 Å². The normalized spacial score (nSPS) is 18.5. The molecule has 5 heteroatoms. The van der Waals surface area contributed by atoms with Crippen molar-refractivity contribution >= 4 is 28.2 Å². The zero-order valence-electron chi connectivity index (χ0n) is 12.6. The molecule has 1 heterocycles. The molecule has 110 valence electrons. The molecule has 0 fully saturated rings. The van der Waals surface area contributed by atoms with Crippen molar-refractivity contribution in [2.75, 3.05) is 5.32 Å². The summed E-state index contributed by atoms with van der Waals surface area (Å²) in [5.74, 6) is 0.119. The van der Waals surface area contributed by atoms with Gasteiger partial charge < -0.3 is 5.32 Å². The molecule has 0 aromatic carbocycles. The lowest BCUT2D eigenvalue weighted by Crippen LogP contribution is -2.26. The van der Waals surface area contributed by atoms with E-state index in [4.69, 9.17) is 0 Å². The van der Waals surface area contributed by atoms with Crippen molar-refractivity contribution in [1.29, 1.82) is 0 Å². The molecule has 1 amide bonds. The topological polar surface area (TPSA) is 59.1 Å². The van der Waals surface area contributed by atoms with Crippen molar-refractivity contribution in [3.8, 4) is 0 Å². The summed E-state index contributed by atoms with van der Waals surface area (Å²) in [6.45, 7) is 8.14. The first-order valence-electron chi connectivity index (χ1n) is 7.16. The quantitative estimate of drug-likeness (QED) is 0.921. The van der Waals surface area contributed by atoms with E-state index in [1.807, 2.05) is 6.92 Å². The van der Waals surface area contributed by atoms with Gasteiger partial charge in [-0.1, -0.05) is 45.5 Å². The van der Waals surface area contributed by atoms with Gasteiger partial charge in [-0.2, -0.15) is 0 Å². The highest BCUT2D eigenvalue weighted by molar-refractivity contribution is 7.17. The molecule has 0 saturated heterocycles. The number of fused-ring (bicyclic) bond motifs is 1. The number of hydrogen-bond acceptors (Lipinski definition) is 4. The number of thiazole rings is 1. The third-order valence-electron chi connectivity index (χ3n) is 3.64. The fraction of sp³-hybridized carbons (Fsp3) is 0.667. The molecule has 1 atom stereocenters. The third kappa shape index (κ3) is 3.26. The predicted octanol–water partition coefficient (Wildman–Crippen LogP) is 3.67. The molecule has 2 rings (SSSR count). The molecule has 0 spiro atoms. The minimum Gasteiger partial charge on any atom is -0.302 e. The van der Waals surface area contributed by atoms with Crippen LogP contribution >= 0.6 is 11.3 Å². The van der Waals surface area contributed by atoms with Crippen LogP contribution in [0.2, 0.25) is 0 Å². The Morgan fingerprint density at radius 3 is 2.80 bits per heavy atom. The maximum atomic E-state index is 12.1. The van der Waals surface area contributed by atoms with Crippen molar-refractivity contribution in [3.63, 3.8) is 0 Å². The summed E-state index contributed by atoms with van der Waals surface area (Å²) < 4.78 is 0. The zero-order chi connectivity index (χ0) is 14.9. The number of anilines is 1. The van der Waals surface area contributed by atoms with E-state index < -0.39 is 0 Å². The van der Waals surface area contributed by atoms with Crippen LogP contribution in [0.5, 0.6) is 0 Å². The average Bonchev–Trinajstić information content (AvgIpc) is 2.70. The van der Waals surface area contributed by atoms with Crippen molar-refractivity contribution in [3.05, 3.63) is 10.6 Å². The number of carbonyl (C=O) groups excluding carboxylic acids is 2. The summed E-state index contributed by atoms with van der Waals surface area (Å²) in [6.07, 6.45) is 3.20. The van der Waals surface area contributed by atoms with Crippen molar-refractivity contribution in [2.45, 2.75) is 53.4 Å². The van der Waals surface area contributed by atoms with E-state index in [1.165, 1.54) is 11.3 Å². The predicted molar refractivity (Wildman–Crippen MR) is 81.2 cm³/mol. The van der Waals surface area contributed by atoms with Crippen molar-refractivity contribution < 1.29 is 9.59 Å². The fourth-order valence-corrected chi connectivity index (χ4v) is 3.49. The van der Waals surface area contributed by atoms with Gasteiger partial charge in [0.25, 0.3) is 0 Å². The van der Waals surface area contributed by atoms with Crippen LogP contribution in [-0.4, -0.2) is 16.7 Å². The molecule has 4 nitrogen and oxygen atoms in total. The molecule has 1 aromatic heterocycles. The molecular formula is C15H22N2O2S. The maximum Gasteiger partial charge on any atom is 0.228 e. The van der Waals surface area contributed by atoms with Crippen LogP contribution in [0.3, 0.4) is 0 Å². The van der Waals surface area contributed by atoms with Crippen LogP contribution in [0, 0.1) is 11.3 Å². The van der Waals surface area contributed by atoms with E-state index in [-0.39, 0.29) is 23.0 Å². The largest absolute Gasteiger partial charge is 0.302 e. The zero-order valence-corrected chi connectivity index (χ0v) is 13.4. The first-order chi connectivity index (χ1) is 9.32. The second kappa shape index (κ2) is 5.64. The highest BCUT2D eigenvalue weighted by atomic mass is 32.1. The van der Waals surface area contributed by atoms with Gasteiger partial charge in [0.15, 0.2) is 10.9 Å². The molecule has 0 bridgehead atoms. The first kappa shape index (κ1) is 15.2. The van der Waals surface area contributed by atoms with E-state index in [1.54, 1.807) is 0 Å². The van der Waals surface area contributed by atoms with E-state index in [0.29, 0.717) is 11.6 Å². The molecule has 1 aromatic rings. The highest BCUT2D eigenvalue weighted by Gasteiger charge is 2.34. The van der Waals surface area contributed by atoms with Gasteiger partial charge in [0.05, 0.1) is 10.6 Å². The molecule has 1 aliphatic carbocycles. The van der Waals surface area contributed by atoms with Gasteiger partial charge in [-0.05, 0) is 18.3 Å². The number of hydrogen-bond donors (Lipinski definition) is 1. The van der Waals surface area contributed by atoms with Gasteiger partial charge in [-0.3, -0.25) is 9.59 Å². The summed E-state index contributed by atoms with van der Waals surface area (Å²) >= 11 is 1.32. The number of rotatable bonds is 4. The Balaban J connectivity index is 2.13. The van der Waals surface area contributed by atoms with Gasteiger partial charge in [-0.15, -0.1) is 0 Å². The van der Waals surface area contributed by atoms with Gasteiger partial charge in [0.1, 0.15) is 0 Å². The summed E-state index contributed by atoms with van der Waals surface area (Å²) in [5, 5.41) is 3.41. The second-order valence-electron chi connectivity index (χ2n) is 6.41. The van der Waals surface area contributed by atoms with Gasteiger partial charge in [0.2, 0.25) is 5.91 Å². The minimum absolute atomic E-state index is 0.00958. The second-order valence-corrected chi connectivity index (χ2v) is 7.41. The molecule has 0 radical (unpaired) electrons. The molecule has 0 aliphatic heterocycles. The van der Waals surface area contributed by atoms with E-state index in [2.05, 4.69) is 31.1 Å². The molecule has 0 saturated carbocycles. The SMILES string of the molecule is CCCC(C)C(=O)Nc1nc2c(s1)C(=O)CC(C)(C)C2. The van der Waals surface area contributed by atoms with Gasteiger partial charge >= 0.3 is 0 Å². The number of Topliss-reactive ketones (excluding diaryl/α,β-unsaturated/α-hetero) is 1. The van der Waals surface area contributed by atoms with Crippen LogP contribution in [0.15, 0.2) is 0 Å². The molecule has 1 unspecified atom stereocenters. The van der Waals surface area contributed by atoms with E-state index in [9.17, 15) is 9.59 Å². The van der Waals surface area contributed by atoms with Crippen LogP contribution in [-0.2, 0) is 11.2 Å². The lowest BCUT2D eigenvalue weighted by atomic mass is 9.78. The number of carbonyl (C=O) groups is 2. The Bertz CT molecular complexity index is 534. The summed E-state index contributed by atoms with van der Waals surface area (Å²) in [5.41, 5.74) is 0.810. The Morgan fingerprint density at radius 2 is 2.15 bits per heavy atom. The first-order valence-corrected chi connectivity index (χ1v) is 7.98. The Morgan fingerprint density at radius 1 is 1.45 bits per heavy atom. The molecule has 1 aliphatic rings. The van der Waals surface area contributed by atoms with E-state index in [0.717, 1.165) is 29.8 Å². The standard InChI is InChI=1S/C15H22N2O2S/c1-5-6-9(2)13(19)17-14-16-10-7-15(3,4)8-11(18)12(10)20-14/h9H,5-8H2,1-4H3,(H,16,17,19).